The number of carboxylic acids is 1. The molecule has 0 aliphatic carbocycles. The number of aliphatic carboxylic acids is 1. The van der Waals surface area contributed by atoms with Gasteiger partial charge in [-0.15, -0.1) is 0 Å². The van der Waals surface area contributed by atoms with Gasteiger partial charge in [-0.3, -0.25) is 33.8 Å². The molecule has 1 aliphatic heterocycles. The van der Waals surface area contributed by atoms with E-state index in [4.69, 9.17) is 11.5 Å². The van der Waals surface area contributed by atoms with E-state index in [-0.39, 0.29) is 25.3 Å². The molecular formula is C28H39N9O7. The Balaban J connectivity index is 1.97. The number of para-hydroxylation sites is 1. The highest BCUT2D eigenvalue weighted by molar-refractivity contribution is 5.98. The van der Waals surface area contributed by atoms with Gasteiger partial charge in [0.25, 0.3) is 0 Å². The molecule has 4 atom stereocenters. The Bertz CT molecular complexity index is 1420. The molecule has 16 nitrogen and oxygen atoms in total. The highest BCUT2D eigenvalue weighted by atomic mass is 16.4. The molecule has 1 aliphatic rings. The Morgan fingerprint density at radius 1 is 0.932 bits per heavy atom. The van der Waals surface area contributed by atoms with Gasteiger partial charge in [-0.2, -0.15) is 0 Å². The largest absolute Gasteiger partial charge is 0.481 e. The van der Waals surface area contributed by atoms with Crippen molar-refractivity contribution in [2.75, 3.05) is 13.1 Å². The summed E-state index contributed by atoms with van der Waals surface area (Å²) in [6.45, 7) is 2.97. The number of nitrogens with zero attached hydrogens (tertiary/aromatic N) is 1. The van der Waals surface area contributed by atoms with E-state index < -0.39 is 78.6 Å². The van der Waals surface area contributed by atoms with E-state index >= 15 is 0 Å². The van der Waals surface area contributed by atoms with Crippen molar-refractivity contribution in [1.29, 1.82) is 0 Å². The Morgan fingerprint density at radius 2 is 1.61 bits per heavy atom. The third-order valence-corrected chi connectivity index (χ3v) is 7.01. The lowest BCUT2D eigenvalue weighted by Crippen LogP contribution is -2.59. The lowest BCUT2D eigenvalue weighted by atomic mass is 9.99. The summed E-state index contributed by atoms with van der Waals surface area (Å²) in [5, 5.41) is 22.8. The monoisotopic (exact) mass is 613 g/mol. The molecule has 0 saturated carbocycles. The van der Waals surface area contributed by atoms with Crippen molar-refractivity contribution in [3.63, 3.8) is 0 Å². The summed E-state index contributed by atoms with van der Waals surface area (Å²) >= 11 is 0. The van der Waals surface area contributed by atoms with Gasteiger partial charge in [0.1, 0.15) is 24.2 Å². The van der Waals surface area contributed by atoms with Crippen molar-refractivity contribution in [1.82, 2.24) is 31.6 Å². The van der Waals surface area contributed by atoms with E-state index in [1.807, 2.05) is 24.3 Å². The molecule has 1 saturated heterocycles. The predicted octanol–water partition coefficient (Wildman–Crippen LogP) is -2.04. The number of aliphatic imine (C=N–C) groups is 1. The number of fused-ring (bicyclic) bond motifs is 1. The highest BCUT2D eigenvalue weighted by Gasteiger charge is 2.34. The Kier molecular flexibility index (Phi) is 11.6. The number of hydrogen-bond donors (Lipinski definition) is 9. The topological polar surface area (TPSA) is 263 Å². The average Bonchev–Trinajstić information content (AvgIpc) is 3.36. The van der Waals surface area contributed by atoms with Gasteiger partial charge in [-0.25, -0.2) is 0 Å². The van der Waals surface area contributed by atoms with Crippen LogP contribution in [0.4, 0.5) is 0 Å². The number of guanidine groups is 1. The quantitative estimate of drug-likeness (QED) is 0.0856. The van der Waals surface area contributed by atoms with Crippen molar-refractivity contribution in [3.8, 4) is 0 Å². The zero-order chi connectivity index (χ0) is 32.4. The molecule has 1 aromatic carbocycles. The highest BCUT2D eigenvalue weighted by Crippen LogP contribution is 2.19. The zero-order valence-corrected chi connectivity index (χ0v) is 24.5. The van der Waals surface area contributed by atoms with Crippen LogP contribution in [0.2, 0.25) is 0 Å². The predicted molar refractivity (Wildman–Crippen MR) is 160 cm³/mol. The summed E-state index contributed by atoms with van der Waals surface area (Å²) in [7, 11) is 0. The molecule has 5 amide bonds. The second-order valence-electron chi connectivity index (χ2n) is 10.8. The fourth-order valence-corrected chi connectivity index (χ4v) is 4.74. The number of hydrogen-bond acceptors (Lipinski definition) is 7. The van der Waals surface area contributed by atoms with E-state index in [1.165, 1.54) is 0 Å². The number of amides is 5. The fourth-order valence-electron chi connectivity index (χ4n) is 4.74. The van der Waals surface area contributed by atoms with Gasteiger partial charge in [0.2, 0.25) is 29.5 Å². The summed E-state index contributed by atoms with van der Waals surface area (Å²) in [4.78, 5) is 84.6. The summed E-state index contributed by atoms with van der Waals surface area (Å²) < 4.78 is 0. The number of nitrogens with two attached hydrogens (primary N) is 2. The van der Waals surface area contributed by atoms with E-state index in [9.17, 15) is 33.9 Å². The van der Waals surface area contributed by atoms with Crippen molar-refractivity contribution in [2.45, 2.75) is 63.7 Å². The van der Waals surface area contributed by atoms with Crippen molar-refractivity contribution in [2.24, 2.45) is 22.4 Å². The normalized spacial score (nSPS) is 22.1. The number of rotatable bonds is 9. The molecule has 3 rings (SSSR count). The lowest BCUT2D eigenvalue weighted by molar-refractivity contribution is -0.141. The Morgan fingerprint density at radius 3 is 2.30 bits per heavy atom. The van der Waals surface area contributed by atoms with Gasteiger partial charge in [0, 0.05) is 30.1 Å². The van der Waals surface area contributed by atoms with Crippen LogP contribution in [0.3, 0.4) is 0 Å². The Hall–Kier alpha value is -5.15. The second kappa shape index (κ2) is 15.4. The van der Waals surface area contributed by atoms with Crippen LogP contribution in [0.1, 0.15) is 38.7 Å². The molecule has 0 unspecified atom stereocenters. The van der Waals surface area contributed by atoms with Gasteiger partial charge < -0.3 is 48.1 Å². The van der Waals surface area contributed by atoms with Gasteiger partial charge in [-0.05, 0) is 30.4 Å². The van der Waals surface area contributed by atoms with Crippen molar-refractivity contribution < 1.29 is 33.9 Å². The molecular weight excluding hydrogens is 574 g/mol. The number of carbonyl (C=O) groups excluding carboxylic acids is 5. The van der Waals surface area contributed by atoms with E-state index in [2.05, 4.69) is 36.6 Å². The van der Waals surface area contributed by atoms with E-state index in [0.29, 0.717) is 12.0 Å². The van der Waals surface area contributed by atoms with Crippen LogP contribution in [0.15, 0.2) is 35.5 Å². The van der Waals surface area contributed by atoms with E-state index in [0.717, 1.165) is 10.9 Å². The summed E-state index contributed by atoms with van der Waals surface area (Å²) in [5.41, 5.74) is 12.2. The first-order valence-corrected chi connectivity index (χ1v) is 14.2. The molecule has 2 aromatic rings. The molecule has 0 bridgehead atoms. The Labute approximate surface area is 253 Å². The second-order valence-corrected chi connectivity index (χ2v) is 10.8. The molecule has 44 heavy (non-hydrogen) atoms. The molecule has 1 aromatic heterocycles. The van der Waals surface area contributed by atoms with Crippen LogP contribution in [-0.2, 0) is 35.2 Å². The molecule has 16 heteroatoms. The molecule has 1 fully saturated rings. The number of carboxylic acid groups (broad SMARTS) is 1. The van der Waals surface area contributed by atoms with Gasteiger partial charge >= 0.3 is 5.97 Å². The number of carbonyl (C=O) groups is 6. The zero-order valence-electron chi connectivity index (χ0n) is 24.5. The minimum absolute atomic E-state index is 0.0186. The average molecular weight is 614 g/mol. The maximum atomic E-state index is 13.7. The van der Waals surface area contributed by atoms with Crippen LogP contribution in [0.5, 0.6) is 0 Å². The number of nitrogens with one attached hydrogen (secondary N) is 6. The summed E-state index contributed by atoms with van der Waals surface area (Å²) in [6, 6.07) is 2.27. The van der Waals surface area contributed by atoms with Gasteiger partial charge in [-0.1, -0.05) is 32.0 Å². The smallest absolute Gasteiger partial charge is 0.305 e. The first-order valence-electron chi connectivity index (χ1n) is 14.2. The number of benzene rings is 1. The summed E-state index contributed by atoms with van der Waals surface area (Å²) in [5.74, 6) is -5.81. The molecule has 11 N–H and O–H groups in total. The van der Waals surface area contributed by atoms with Crippen molar-refractivity contribution in [3.05, 3.63) is 36.0 Å². The third kappa shape index (κ3) is 9.43. The van der Waals surface area contributed by atoms with Crippen LogP contribution < -0.4 is 38.1 Å². The van der Waals surface area contributed by atoms with Crippen molar-refractivity contribution >= 4 is 52.4 Å². The lowest BCUT2D eigenvalue weighted by Gasteiger charge is -2.27. The van der Waals surface area contributed by atoms with Gasteiger partial charge in [0.05, 0.1) is 13.0 Å². The van der Waals surface area contributed by atoms with E-state index in [1.54, 1.807) is 20.0 Å². The minimum Gasteiger partial charge on any atom is -0.481 e. The number of aromatic nitrogens is 1. The minimum atomic E-state index is -1.56. The van der Waals surface area contributed by atoms with Crippen LogP contribution in [-0.4, -0.2) is 88.8 Å². The first kappa shape index (κ1) is 33.4. The maximum absolute atomic E-state index is 13.7. The standard InChI is InChI=1S/C28H39N9O7/c1-14(2)23-27(44)35-18(8-5-9-31-28(29)30)24(41)33-13-21(38)34-20(11-22(39)40)25(42)36-19(26(43)37-23)10-15-12-32-17-7-4-3-6-16(15)17/h3-4,6-7,12,14,18-20,23,32H,5,8-11,13H2,1-2H3,(H,33,41)(H,34,38)(H,35,44)(H,36,42)(H,37,43)(H,39,40)(H4,29,30,31)/t18-,19+,20-,23-/m0/s1. The fraction of sp³-hybridized carbons (Fsp3) is 0.464. The SMILES string of the molecule is CC(C)[C@@H]1NC(=O)[C@@H](Cc2c[nH]c3ccccc23)NC(=O)[C@H](CC(=O)O)NC(=O)CNC(=O)[C@H](CCCN=C(N)N)NC1=O. The van der Waals surface area contributed by atoms with Crippen LogP contribution in [0, 0.1) is 5.92 Å². The number of aromatic amines is 1. The third-order valence-electron chi connectivity index (χ3n) is 7.01. The molecule has 0 spiro atoms. The van der Waals surface area contributed by atoms with Gasteiger partial charge in [0.15, 0.2) is 5.96 Å². The molecule has 0 radical (unpaired) electrons. The summed E-state index contributed by atoms with van der Waals surface area (Å²) in [6.07, 6.45) is 1.28. The van der Waals surface area contributed by atoms with Crippen LogP contribution >= 0.6 is 0 Å². The molecule has 2 heterocycles. The first-order chi connectivity index (χ1) is 20.8. The number of H-pyrrole nitrogens is 1. The molecule has 238 valence electrons. The maximum Gasteiger partial charge on any atom is 0.305 e. The van der Waals surface area contributed by atoms with Crippen LogP contribution in [0.25, 0.3) is 10.9 Å².